The molecule has 0 aromatic heterocycles. The molecule has 7 heteroatoms. The molecule has 0 heterocycles. The van der Waals surface area contributed by atoms with Crippen molar-refractivity contribution in [2.24, 2.45) is 0 Å². The van der Waals surface area contributed by atoms with Crippen molar-refractivity contribution in [1.29, 1.82) is 0 Å². The molecule has 0 radical (unpaired) electrons. The summed E-state index contributed by atoms with van der Waals surface area (Å²) in [7, 11) is 0. The molecule has 2 aromatic rings. The first-order valence-electron chi connectivity index (χ1n) is 7.90. The van der Waals surface area contributed by atoms with E-state index in [2.05, 4.69) is 24.5 Å². The van der Waals surface area contributed by atoms with E-state index in [-0.39, 0.29) is 11.6 Å². The Hall–Kier alpha value is -2.96. The summed E-state index contributed by atoms with van der Waals surface area (Å²) in [6, 6.07) is 10.4. The van der Waals surface area contributed by atoms with Gasteiger partial charge in [0.1, 0.15) is 6.04 Å². The number of carbonyl (C=O) groups is 1. The van der Waals surface area contributed by atoms with Crippen LogP contribution >= 0.6 is 0 Å². The Kier molecular flexibility index (Phi) is 5.69. The summed E-state index contributed by atoms with van der Waals surface area (Å²) in [4.78, 5) is 22.3. The van der Waals surface area contributed by atoms with E-state index in [0.717, 1.165) is 23.4 Å². The van der Waals surface area contributed by atoms with E-state index in [9.17, 15) is 19.3 Å². The number of halogens is 1. The summed E-state index contributed by atoms with van der Waals surface area (Å²) in [6.45, 7) is 5.80. The lowest BCUT2D eigenvalue weighted by Crippen LogP contribution is -2.32. The van der Waals surface area contributed by atoms with Crippen LogP contribution in [0.3, 0.4) is 0 Å². The largest absolute Gasteiger partial charge is 0.374 e. The molecule has 0 aliphatic rings. The maximum absolute atomic E-state index is 13.4. The second-order valence-corrected chi connectivity index (χ2v) is 6.02. The fraction of sp³-hybridized carbons (Fsp3) is 0.278. The minimum atomic E-state index is -0.944. The highest BCUT2D eigenvalue weighted by atomic mass is 19.1. The highest BCUT2D eigenvalue weighted by Crippen LogP contribution is 2.25. The second-order valence-electron chi connectivity index (χ2n) is 6.02. The van der Waals surface area contributed by atoms with Crippen LogP contribution in [-0.2, 0) is 4.79 Å². The van der Waals surface area contributed by atoms with Crippen molar-refractivity contribution in [3.63, 3.8) is 0 Å². The van der Waals surface area contributed by atoms with Crippen LogP contribution in [0.15, 0.2) is 42.5 Å². The van der Waals surface area contributed by atoms with Crippen molar-refractivity contribution in [3.05, 3.63) is 64.0 Å². The van der Waals surface area contributed by atoms with Crippen LogP contribution in [0.1, 0.15) is 32.3 Å². The number of benzene rings is 2. The number of rotatable bonds is 6. The minimum absolute atomic E-state index is 0.170. The summed E-state index contributed by atoms with van der Waals surface area (Å²) in [5.74, 6) is -1.03. The molecule has 132 valence electrons. The fourth-order valence-electron chi connectivity index (χ4n) is 2.41. The molecule has 0 aliphatic heterocycles. The summed E-state index contributed by atoms with van der Waals surface area (Å²) >= 11 is 0. The molecule has 0 unspecified atom stereocenters. The van der Waals surface area contributed by atoms with Gasteiger partial charge in [-0.15, -0.1) is 0 Å². The van der Waals surface area contributed by atoms with E-state index in [1.807, 2.05) is 24.3 Å². The fourth-order valence-corrected chi connectivity index (χ4v) is 2.41. The molecule has 0 saturated carbocycles. The molecular formula is C18H20FN3O3. The maximum Gasteiger partial charge on any atom is 0.306 e. The average molecular weight is 345 g/mol. The lowest BCUT2D eigenvalue weighted by atomic mass is 10.0. The van der Waals surface area contributed by atoms with Crippen molar-refractivity contribution in [2.45, 2.75) is 32.7 Å². The predicted octanol–water partition coefficient (Wildman–Crippen LogP) is 4.30. The number of para-hydroxylation sites is 1. The van der Waals surface area contributed by atoms with Gasteiger partial charge in [-0.1, -0.05) is 32.0 Å². The Balaban J connectivity index is 2.11. The molecule has 0 fully saturated rings. The van der Waals surface area contributed by atoms with E-state index in [4.69, 9.17) is 0 Å². The van der Waals surface area contributed by atoms with Gasteiger partial charge in [-0.3, -0.25) is 14.9 Å². The van der Waals surface area contributed by atoms with Crippen molar-refractivity contribution >= 4 is 23.0 Å². The van der Waals surface area contributed by atoms with Crippen LogP contribution in [-0.4, -0.2) is 16.9 Å². The summed E-state index contributed by atoms with van der Waals surface area (Å²) in [5.41, 5.74) is 1.43. The number of carbonyl (C=O) groups excluding carboxylic acids is 1. The number of hydrogen-bond donors (Lipinski definition) is 2. The number of nitrogens with zero attached hydrogens (tertiary/aromatic N) is 1. The van der Waals surface area contributed by atoms with Crippen molar-refractivity contribution in [2.75, 3.05) is 10.6 Å². The quantitative estimate of drug-likeness (QED) is 0.604. The van der Waals surface area contributed by atoms with Crippen LogP contribution in [0, 0.1) is 15.9 Å². The second kappa shape index (κ2) is 7.74. The Bertz CT molecular complexity index is 793. The standard InChI is InChI=1S/C18H20FN3O3/c1-11(2)14-6-4-5-7-16(14)20-12(3)18(23)21-13-8-9-15(19)17(10-13)22(24)25/h4-12,20H,1-3H3,(H,21,23)/t12-/m0/s1. The molecule has 2 rings (SSSR count). The highest BCUT2D eigenvalue weighted by molar-refractivity contribution is 5.96. The zero-order chi connectivity index (χ0) is 18.6. The van der Waals surface area contributed by atoms with Gasteiger partial charge in [0.15, 0.2) is 0 Å². The molecule has 1 atom stereocenters. The predicted molar refractivity (Wildman–Crippen MR) is 95.3 cm³/mol. The molecule has 2 aromatic carbocycles. The van der Waals surface area contributed by atoms with Gasteiger partial charge in [0, 0.05) is 17.4 Å². The maximum atomic E-state index is 13.4. The van der Waals surface area contributed by atoms with Crippen molar-refractivity contribution in [1.82, 2.24) is 0 Å². The van der Waals surface area contributed by atoms with Gasteiger partial charge < -0.3 is 10.6 Å². The van der Waals surface area contributed by atoms with Gasteiger partial charge in [-0.05, 0) is 36.6 Å². The summed E-state index contributed by atoms with van der Waals surface area (Å²) in [6.07, 6.45) is 0. The number of amides is 1. The third kappa shape index (κ3) is 4.53. The number of hydrogen-bond acceptors (Lipinski definition) is 4. The Morgan fingerprint density at radius 1 is 1.16 bits per heavy atom. The smallest absolute Gasteiger partial charge is 0.306 e. The van der Waals surface area contributed by atoms with Crippen LogP contribution in [0.2, 0.25) is 0 Å². The van der Waals surface area contributed by atoms with E-state index in [1.165, 1.54) is 6.07 Å². The molecule has 2 N–H and O–H groups in total. The van der Waals surface area contributed by atoms with Crippen molar-refractivity contribution in [3.8, 4) is 0 Å². The molecule has 6 nitrogen and oxygen atoms in total. The van der Waals surface area contributed by atoms with Gasteiger partial charge in [-0.25, -0.2) is 0 Å². The lowest BCUT2D eigenvalue weighted by molar-refractivity contribution is -0.387. The number of anilines is 2. The first kappa shape index (κ1) is 18.4. The van der Waals surface area contributed by atoms with Crippen LogP contribution in [0.5, 0.6) is 0 Å². The molecule has 0 aliphatic carbocycles. The first-order valence-corrected chi connectivity index (χ1v) is 7.90. The van der Waals surface area contributed by atoms with Crippen LogP contribution in [0.4, 0.5) is 21.5 Å². The molecule has 25 heavy (non-hydrogen) atoms. The number of nitrogens with one attached hydrogen (secondary N) is 2. The van der Waals surface area contributed by atoms with E-state index in [0.29, 0.717) is 5.92 Å². The van der Waals surface area contributed by atoms with E-state index < -0.39 is 22.5 Å². The number of nitro groups is 1. The Labute approximate surface area is 145 Å². The molecule has 0 spiro atoms. The van der Waals surface area contributed by atoms with E-state index in [1.54, 1.807) is 6.92 Å². The Morgan fingerprint density at radius 2 is 1.84 bits per heavy atom. The molecule has 0 saturated heterocycles. The van der Waals surface area contributed by atoms with Gasteiger partial charge >= 0.3 is 5.69 Å². The van der Waals surface area contributed by atoms with Crippen molar-refractivity contribution < 1.29 is 14.1 Å². The van der Waals surface area contributed by atoms with E-state index >= 15 is 0 Å². The van der Waals surface area contributed by atoms with Gasteiger partial charge in [0.05, 0.1) is 4.92 Å². The topological polar surface area (TPSA) is 84.3 Å². The lowest BCUT2D eigenvalue weighted by Gasteiger charge is -2.19. The summed E-state index contributed by atoms with van der Waals surface area (Å²) < 4.78 is 13.4. The third-order valence-electron chi connectivity index (χ3n) is 3.76. The normalized spacial score (nSPS) is 11.9. The Morgan fingerprint density at radius 3 is 2.48 bits per heavy atom. The van der Waals surface area contributed by atoms with Crippen LogP contribution in [0.25, 0.3) is 0 Å². The zero-order valence-electron chi connectivity index (χ0n) is 14.2. The average Bonchev–Trinajstić information content (AvgIpc) is 2.56. The highest BCUT2D eigenvalue weighted by Gasteiger charge is 2.18. The zero-order valence-corrected chi connectivity index (χ0v) is 14.2. The minimum Gasteiger partial charge on any atom is -0.374 e. The first-order chi connectivity index (χ1) is 11.8. The van der Waals surface area contributed by atoms with Gasteiger partial charge in [0.2, 0.25) is 11.7 Å². The molecule has 0 bridgehead atoms. The van der Waals surface area contributed by atoms with Crippen LogP contribution < -0.4 is 10.6 Å². The summed E-state index contributed by atoms with van der Waals surface area (Å²) in [5, 5.41) is 16.5. The molecular weight excluding hydrogens is 325 g/mol. The van der Waals surface area contributed by atoms with Gasteiger partial charge in [-0.2, -0.15) is 4.39 Å². The third-order valence-corrected chi connectivity index (χ3v) is 3.76. The number of nitro benzene ring substituents is 1. The van der Waals surface area contributed by atoms with Gasteiger partial charge in [0.25, 0.3) is 0 Å². The monoisotopic (exact) mass is 345 g/mol. The SMILES string of the molecule is CC(C)c1ccccc1N[C@@H](C)C(=O)Nc1ccc(F)c([N+](=O)[O-])c1. The molecule has 1 amide bonds.